The molecule has 1 heterocycles. The largest absolute Gasteiger partial charge is 0.497 e. The highest BCUT2D eigenvalue weighted by Crippen LogP contribution is 2.30. The average molecular weight is 276 g/mol. The lowest BCUT2D eigenvalue weighted by atomic mass is 10.1. The predicted molar refractivity (Wildman–Crippen MR) is 75.1 cm³/mol. The molecule has 0 radical (unpaired) electrons. The Labute approximate surface area is 116 Å². The molecule has 0 aliphatic heterocycles. The van der Waals surface area contributed by atoms with Gasteiger partial charge in [-0.15, -0.1) is 0 Å². The first-order valence-electron chi connectivity index (χ1n) is 6.21. The Hall–Kier alpha value is -2.50. The molecule has 0 aliphatic carbocycles. The highest BCUT2D eigenvalue weighted by atomic mass is 16.5. The van der Waals surface area contributed by atoms with Gasteiger partial charge in [-0.3, -0.25) is 4.79 Å². The van der Waals surface area contributed by atoms with Crippen molar-refractivity contribution in [1.29, 1.82) is 0 Å². The molecule has 1 amide bonds. The number of carbonyl (C=O) groups excluding carboxylic acids is 2. The molecule has 106 valence electrons. The molecule has 1 aromatic heterocycles. The highest BCUT2D eigenvalue weighted by molar-refractivity contribution is 6.11. The van der Waals surface area contributed by atoms with Crippen LogP contribution in [-0.2, 0) is 9.53 Å². The molecule has 20 heavy (non-hydrogen) atoms. The van der Waals surface area contributed by atoms with E-state index >= 15 is 0 Å². The maximum absolute atomic E-state index is 12.1. The van der Waals surface area contributed by atoms with E-state index in [0.717, 1.165) is 5.52 Å². The molecule has 0 saturated carbocycles. The second-order valence-corrected chi connectivity index (χ2v) is 4.19. The number of ether oxygens (including phenoxy) is 2. The number of fused-ring (bicyclic) bond motifs is 1. The van der Waals surface area contributed by atoms with Crippen molar-refractivity contribution in [3.8, 4) is 5.75 Å². The van der Waals surface area contributed by atoms with Gasteiger partial charge in [-0.05, 0) is 25.1 Å². The molecule has 2 aromatic rings. The van der Waals surface area contributed by atoms with Gasteiger partial charge in [0.1, 0.15) is 17.1 Å². The number of methoxy groups -OCH3 is 1. The Morgan fingerprint density at radius 2 is 2.10 bits per heavy atom. The Bertz CT molecular complexity index is 660. The van der Waals surface area contributed by atoms with E-state index in [4.69, 9.17) is 9.47 Å². The lowest BCUT2D eigenvalue weighted by Crippen LogP contribution is -2.12. The second kappa shape index (κ2) is 5.64. The van der Waals surface area contributed by atoms with Crippen LogP contribution in [0.5, 0.6) is 5.75 Å². The Morgan fingerprint density at radius 1 is 1.35 bits per heavy atom. The predicted octanol–water partition coefficient (Wildman–Crippen LogP) is 2.31. The van der Waals surface area contributed by atoms with E-state index in [1.807, 2.05) is 0 Å². The summed E-state index contributed by atoms with van der Waals surface area (Å²) in [5, 5.41) is 3.25. The van der Waals surface area contributed by atoms with E-state index in [1.54, 1.807) is 32.2 Å². The Kier molecular flexibility index (Phi) is 3.93. The first-order valence-corrected chi connectivity index (χ1v) is 6.21. The molecule has 0 unspecified atom stereocenters. The zero-order chi connectivity index (χ0) is 14.7. The number of hydrogen-bond donors (Lipinski definition) is 2. The van der Waals surface area contributed by atoms with Gasteiger partial charge in [0, 0.05) is 17.8 Å². The molecule has 6 heteroatoms. The van der Waals surface area contributed by atoms with Crippen LogP contribution >= 0.6 is 0 Å². The van der Waals surface area contributed by atoms with Gasteiger partial charge in [0.05, 0.1) is 13.7 Å². The molecule has 0 spiro atoms. The summed E-state index contributed by atoms with van der Waals surface area (Å²) in [6, 6.07) is 5.27. The fourth-order valence-corrected chi connectivity index (χ4v) is 1.98. The van der Waals surface area contributed by atoms with Crippen LogP contribution in [0.15, 0.2) is 18.2 Å². The number of aromatic amines is 1. The van der Waals surface area contributed by atoms with Crippen molar-refractivity contribution in [3.05, 3.63) is 23.8 Å². The monoisotopic (exact) mass is 276 g/mol. The summed E-state index contributed by atoms with van der Waals surface area (Å²) < 4.78 is 10.2. The molecule has 0 atom stereocenters. The van der Waals surface area contributed by atoms with Crippen molar-refractivity contribution < 1.29 is 19.1 Å². The van der Waals surface area contributed by atoms with Crippen molar-refractivity contribution in [2.24, 2.45) is 0 Å². The van der Waals surface area contributed by atoms with E-state index < -0.39 is 5.97 Å². The standard InChI is InChI=1S/C14H16N2O4/c1-4-20-14(18)12-10-7-9(19-3)5-6-11(10)16-13(12)15-8(2)17/h5-7,16H,4H2,1-3H3,(H,15,17). The number of nitrogens with one attached hydrogen (secondary N) is 2. The number of esters is 1. The summed E-state index contributed by atoms with van der Waals surface area (Å²) in [7, 11) is 1.55. The van der Waals surface area contributed by atoms with Gasteiger partial charge in [0.25, 0.3) is 0 Å². The van der Waals surface area contributed by atoms with Crippen LogP contribution in [0, 0.1) is 0 Å². The van der Waals surface area contributed by atoms with Crippen LogP contribution in [0.4, 0.5) is 5.82 Å². The van der Waals surface area contributed by atoms with Crippen molar-refractivity contribution >= 4 is 28.6 Å². The molecular weight excluding hydrogens is 260 g/mol. The van der Waals surface area contributed by atoms with Crippen molar-refractivity contribution in [2.75, 3.05) is 19.0 Å². The van der Waals surface area contributed by atoms with E-state index in [9.17, 15) is 9.59 Å². The molecule has 1 aromatic carbocycles. The number of H-pyrrole nitrogens is 1. The summed E-state index contributed by atoms with van der Waals surface area (Å²) in [5.41, 5.74) is 1.02. The molecule has 6 nitrogen and oxygen atoms in total. The lowest BCUT2D eigenvalue weighted by Gasteiger charge is -2.05. The fourth-order valence-electron chi connectivity index (χ4n) is 1.98. The number of aromatic nitrogens is 1. The summed E-state index contributed by atoms with van der Waals surface area (Å²) in [6.07, 6.45) is 0. The number of hydrogen-bond acceptors (Lipinski definition) is 4. The number of benzene rings is 1. The summed E-state index contributed by atoms with van der Waals surface area (Å²) in [5.74, 6) is 0.195. The van der Waals surface area contributed by atoms with E-state index in [-0.39, 0.29) is 12.5 Å². The molecule has 0 bridgehead atoms. The molecule has 0 fully saturated rings. The average Bonchev–Trinajstić information content (AvgIpc) is 2.74. The maximum atomic E-state index is 12.1. The Balaban J connectivity index is 2.62. The van der Waals surface area contributed by atoms with Gasteiger partial charge in [0.15, 0.2) is 0 Å². The second-order valence-electron chi connectivity index (χ2n) is 4.19. The molecular formula is C14H16N2O4. The SMILES string of the molecule is CCOC(=O)c1c(NC(C)=O)[nH]c2ccc(OC)cc12. The van der Waals surface area contributed by atoms with E-state index in [0.29, 0.717) is 22.5 Å². The Morgan fingerprint density at radius 3 is 2.70 bits per heavy atom. The van der Waals surface area contributed by atoms with Crippen molar-refractivity contribution in [3.63, 3.8) is 0 Å². The van der Waals surface area contributed by atoms with Crippen LogP contribution in [-0.4, -0.2) is 30.6 Å². The third kappa shape index (κ3) is 2.59. The summed E-state index contributed by atoms with van der Waals surface area (Å²) in [4.78, 5) is 26.3. The van der Waals surface area contributed by atoms with Crippen LogP contribution < -0.4 is 10.1 Å². The first kappa shape index (κ1) is 13.9. The van der Waals surface area contributed by atoms with Gasteiger partial charge in [-0.1, -0.05) is 0 Å². The van der Waals surface area contributed by atoms with Gasteiger partial charge < -0.3 is 19.8 Å². The molecule has 2 rings (SSSR count). The number of carbonyl (C=O) groups is 2. The van der Waals surface area contributed by atoms with E-state index in [2.05, 4.69) is 10.3 Å². The minimum absolute atomic E-state index is 0.259. The molecule has 0 aliphatic rings. The third-order valence-electron chi connectivity index (χ3n) is 2.79. The fraction of sp³-hybridized carbons (Fsp3) is 0.286. The van der Waals surface area contributed by atoms with Crippen LogP contribution in [0.3, 0.4) is 0 Å². The van der Waals surface area contributed by atoms with Crippen LogP contribution in [0.1, 0.15) is 24.2 Å². The highest BCUT2D eigenvalue weighted by Gasteiger charge is 2.20. The zero-order valence-corrected chi connectivity index (χ0v) is 11.6. The van der Waals surface area contributed by atoms with Gasteiger partial charge in [-0.25, -0.2) is 4.79 Å². The molecule has 0 saturated heterocycles. The normalized spacial score (nSPS) is 10.3. The molecule has 2 N–H and O–H groups in total. The van der Waals surface area contributed by atoms with E-state index in [1.165, 1.54) is 6.92 Å². The van der Waals surface area contributed by atoms with Crippen LogP contribution in [0.2, 0.25) is 0 Å². The van der Waals surface area contributed by atoms with Gasteiger partial charge >= 0.3 is 5.97 Å². The minimum Gasteiger partial charge on any atom is -0.497 e. The van der Waals surface area contributed by atoms with Crippen molar-refractivity contribution in [2.45, 2.75) is 13.8 Å². The quantitative estimate of drug-likeness (QED) is 0.840. The van der Waals surface area contributed by atoms with Gasteiger partial charge in [0.2, 0.25) is 5.91 Å². The summed E-state index contributed by atoms with van der Waals surface area (Å²) in [6.45, 7) is 3.36. The summed E-state index contributed by atoms with van der Waals surface area (Å²) >= 11 is 0. The van der Waals surface area contributed by atoms with Gasteiger partial charge in [-0.2, -0.15) is 0 Å². The number of anilines is 1. The number of rotatable bonds is 4. The number of amides is 1. The topological polar surface area (TPSA) is 80.4 Å². The lowest BCUT2D eigenvalue weighted by molar-refractivity contribution is -0.114. The van der Waals surface area contributed by atoms with Crippen LogP contribution in [0.25, 0.3) is 10.9 Å². The third-order valence-corrected chi connectivity index (χ3v) is 2.79. The van der Waals surface area contributed by atoms with Crippen molar-refractivity contribution in [1.82, 2.24) is 4.98 Å². The zero-order valence-electron chi connectivity index (χ0n) is 11.6. The minimum atomic E-state index is -0.490. The first-order chi connectivity index (χ1) is 9.56. The maximum Gasteiger partial charge on any atom is 0.342 e. The smallest absolute Gasteiger partial charge is 0.342 e.